The van der Waals surface area contributed by atoms with Crippen molar-refractivity contribution < 1.29 is 4.74 Å². The third-order valence-corrected chi connectivity index (χ3v) is 3.45. The van der Waals surface area contributed by atoms with E-state index in [4.69, 9.17) is 10.00 Å². The Bertz CT molecular complexity index is 658. The van der Waals surface area contributed by atoms with Crippen LogP contribution >= 0.6 is 0 Å². The molecule has 0 radical (unpaired) electrons. The van der Waals surface area contributed by atoms with Gasteiger partial charge in [-0.25, -0.2) is 0 Å². The second-order valence-electron chi connectivity index (χ2n) is 4.62. The topological polar surface area (TPSA) is 48.3 Å². The molecule has 0 fully saturated rings. The highest BCUT2D eigenvalue weighted by Gasteiger charge is 2.18. The minimum atomic E-state index is 0.674. The van der Waals surface area contributed by atoms with Crippen molar-refractivity contribution in [2.24, 2.45) is 0 Å². The van der Waals surface area contributed by atoms with E-state index in [2.05, 4.69) is 16.3 Å². The number of nitrogens with one attached hydrogen (secondary N) is 1. The summed E-state index contributed by atoms with van der Waals surface area (Å²) in [5, 5.41) is 12.3. The van der Waals surface area contributed by atoms with Crippen LogP contribution < -0.4 is 15.0 Å². The van der Waals surface area contributed by atoms with Gasteiger partial charge in [-0.3, -0.25) is 0 Å². The third kappa shape index (κ3) is 2.14. The minimum Gasteiger partial charge on any atom is -0.497 e. The van der Waals surface area contributed by atoms with Crippen LogP contribution in [-0.4, -0.2) is 20.2 Å². The first-order valence-electron chi connectivity index (χ1n) is 6.51. The van der Waals surface area contributed by atoms with Crippen molar-refractivity contribution in [2.75, 3.05) is 30.4 Å². The van der Waals surface area contributed by atoms with Gasteiger partial charge in [0.15, 0.2) is 0 Å². The van der Waals surface area contributed by atoms with Gasteiger partial charge in [0.25, 0.3) is 0 Å². The first kappa shape index (κ1) is 12.4. The molecule has 4 heteroatoms. The number of hydrogen-bond acceptors (Lipinski definition) is 4. The van der Waals surface area contributed by atoms with Crippen LogP contribution in [0.1, 0.15) is 5.56 Å². The molecule has 0 aliphatic carbocycles. The van der Waals surface area contributed by atoms with E-state index in [-0.39, 0.29) is 0 Å². The summed E-state index contributed by atoms with van der Waals surface area (Å²) in [6, 6.07) is 15.9. The molecule has 1 heterocycles. The second-order valence-corrected chi connectivity index (χ2v) is 4.62. The second kappa shape index (κ2) is 5.14. The monoisotopic (exact) mass is 265 g/mol. The van der Waals surface area contributed by atoms with Crippen molar-refractivity contribution in [3.05, 3.63) is 48.0 Å². The standard InChI is InChI=1S/C16H15N3O/c1-20-14-5-3-13(4-6-14)19-9-8-18-15-10-12(11-17)2-7-16(15)19/h2-7,10,18H,8-9H2,1H3. The molecule has 4 nitrogen and oxygen atoms in total. The number of benzene rings is 2. The molecule has 0 spiro atoms. The van der Waals surface area contributed by atoms with Gasteiger partial charge in [-0.1, -0.05) is 0 Å². The predicted octanol–water partition coefficient (Wildman–Crippen LogP) is 3.13. The highest BCUT2D eigenvalue weighted by molar-refractivity contribution is 5.79. The summed E-state index contributed by atoms with van der Waals surface area (Å²) < 4.78 is 5.19. The van der Waals surface area contributed by atoms with Gasteiger partial charge in [-0.2, -0.15) is 5.26 Å². The number of methoxy groups -OCH3 is 1. The summed E-state index contributed by atoms with van der Waals surface area (Å²) in [6.07, 6.45) is 0. The Morgan fingerprint density at radius 1 is 1.20 bits per heavy atom. The number of nitriles is 1. The van der Waals surface area contributed by atoms with E-state index in [0.717, 1.165) is 35.9 Å². The first-order valence-corrected chi connectivity index (χ1v) is 6.51. The van der Waals surface area contributed by atoms with Gasteiger partial charge in [-0.05, 0) is 42.5 Å². The number of rotatable bonds is 2. The minimum absolute atomic E-state index is 0.674. The molecule has 1 aliphatic rings. The lowest BCUT2D eigenvalue weighted by Crippen LogP contribution is -2.30. The number of fused-ring (bicyclic) bond motifs is 1. The average molecular weight is 265 g/mol. The lowest BCUT2D eigenvalue weighted by molar-refractivity contribution is 0.415. The highest BCUT2D eigenvalue weighted by atomic mass is 16.5. The molecule has 1 aliphatic heterocycles. The summed E-state index contributed by atoms with van der Waals surface area (Å²) in [6.45, 7) is 1.75. The number of nitrogens with zero attached hydrogens (tertiary/aromatic N) is 2. The molecule has 1 N–H and O–H groups in total. The van der Waals surface area contributed by atoms with Crippen molar-refractivity contribution in [3.63, 3.8) is 0 Å². The molecule has 0 saturated heterocycles. The zero-order valence-corrected chi connectivity index (χ0v) is 11.3. The zero-order chi connectivity index (χ0) is 13.9. The maximum absolute atomic E-state index is 8.97. The number of ether oxygens (including phenoxy) is 1. The normalized spacial score (nSPS) is 13.1. The van der Waals surface area contributed by atoms with Crippen LogP contribution in [-0.2, 0) is 0 Å². The third-order valence-electron chi connectivity index (χ3n) is 3.45. The Morgan fingerprint density at radius 2 is 2.00 bits per heavy atom. The fraction of sp³-hybridized carbons (Fsp3) is 0.188. The Morgan fingerprint density at radius 3 is 2.70 bits per heavy atom. The molecule has 100 valence electrons. The lowest BCUT2D eigenvalue weighted by atomic mass is 10.1. The van der Waals surface area contributed by atoms with Crippen molar-refractivity contribution >= 4 is 17.1 Å². The fourth-order valence-electron chi connectivity index (χ4n) is 2.44. The van der Waals surface area contributed by atoms with Gasteiger partial charge >= 0.3 is 0 Å². The highest BCUT2D eigenvalue weighted by Crippen LogP contribution is 2.35. The Balaban J connectivity index is 1.98. The molecular weight excluding hydrogens is 250 g/mol. The van der Waals surface area contributed by atoms with Crippen LogP contribution in [0.3, 0.4) is 0 Å². The van der Waals surface area contributed by atoms with Crippen LogP contribution in [0.4, 0.5) is 17.1 Å². The maximum atomic E-state index is 8.97. The number of anilines is 3. The van der Waals surface area contributed by atoms with Gasteiger partial charge in [0.2, 0.25) is 0 Å². The maximum Gasteiger partial charge on any atom is 0.119 e. The van der Waals surface area contributed by atoms with Crippen LogP contribution in [0.15, 0.2) is 42.5 Å². The summed E-state index contributed by atoms with van der Waals surface area (Å²) in [4.78, 5) is 2.24. The van der Waals surface area contributed by atoms with E-state index in [0.29, 0.717) is 5.56 Å². The molecule has 3 rings (SSSR count). The molecule has 0 unspecified atom stereocenters. The smallest absolute Gasteiger partial charge is 0.119 e. The summed E-state index contributed by atoms with van der Waals surface area (Å²) in [5.74, 6) is 0.851. The molecule has 2 aromatic rings. The molecular formula is C16H15N3O. The average Bonchev–Trinajstić information content (AvgIpc) is 2.54. The Kier molecular flexibility index (Phi) is 3.18. The van der Waals surface area contributed by atoms with E-state index < -0.39 is 0 Å². The molecule has 0 aromatic heterocycles. The van der Waals surface area contributed by atoms with Gasteiger partial charge in [0, 0.05) is 18.8 Å². The van der Waals surface area contributed by atoms with Crippen molar-refractivity contribution in [2.45, 2.75) is 0 Å². The first-order chi connectivity index (χ1) is 9.81. The zero-order valence-electron chi connectivity index (χ0n) is 11.3. The van der Waals surface area contributed by atoms with Crippen LogP contribution in [0.25, 0.3) is 0 Å². The molecule has 0 amide bonds. The van der Waals surface area contributed by atoms with E-state index in [1.807, 2.05) is 42.5 Å². The van der Waals surface area contributed by atoms with Crippen molar-refractivity contribution in [3.8, 4) is 11.8 Å². The van der Waals surface area contributed by atoms with E-state index in [9.17, 15) is 0 Å². The Labute approximate surface area is 118 Å². The molecule has 2 aromatic carbocycles. The predicted molar refractivity (Wildman–Crippen MR) is 79.6 cm³/mol. The van der Waals surface area contributed by atoms with Gasteiger partial charge in [0.05, 0.1) is 30.1 Å². The van der Waals surface area contributed by atoms with Crippen molar-refractivity contribution in [1.29, 1.82) is 5.26 Å². The molecule has 0 saturated carbocycles. The number of hydrogen-bond donors (Lipinski definition) is 1. The van der Waals surface area contributed by atoms with Crippen LogP contribution in [0.5, 0.6) is 5.75 Å². The largest absolute Gasteiger partial charge is 0.497 e. The lowest BCUT2D eigenvalue weighted by Gasteiger charge is -2.32. The van der Waals surface area contributed by atoms with Crippen LogP contribution in [0.2, 0.25) is 0 Å². The molecule has 0 atom stereocenters. The fourth-order valence-corrected chi connectivity index (χ4v) is 2.44. The summed E-state index contributed by atoms with van der Waals surface area (Å²) >= 11 is 0. The van der Waals surface area contributed by atoms with Gasteiger partial charge < -0.3 is 15.0 Å². The summed E-state index contributed by atoms with van der Waals surface area (Å²) in [7, 11) is 1.67. The Hall–Kier alpha value is -2.67. The summed E-state index contributed by atoms with van der Waals surface area (Å²) in [5.41, 5.74) is 3.90. The van der Waals surface area contributed by atoms with Gasteiger partial charge in [0.1, 0.15) is 5.75 Å². The van der Waals surface area contributed by atoms with E-state index in [1.165, 1.54) is 0 Å². The van der Waals surface area contributed by atoms with Gasteiger partial charge in [-0.15, -0.1) is 0 Å². The molecule has 20 heavy (non-hydrogen) atoms. The SMILES string of the molecule is COc1ccc(N2CCNc3cc(C#N)ccc32)cc1. The van der Waals surface area contributed by atoms with Crippen molar-refractivity contribution in [1.82, 2.24) is 0 Å². The van der Waals surface area contributed by atoms with E-state index >= 15 is 0 Å². The van der Waals surface area contributed by atoms with Crippen LogP contribution in [0, 0.1) is 11.3 Å². The molecule has 0 bridgehead atoms. The quantitative estimate of drug-likeness (QED) is 0.906. The van der Waals surface area contributed by atoms with E-state index in [1.54, 1.807) is 7.11 Å².